The third-order valence-electron chi connectivity index (χ3n) is 5.85. The minimum absolute atomic E-state index is 0.0555. The predicted octanol–water partition coefficient (Wildman–Crippen LogP) is 2.42. The number of amides is 1. The molecule has 9 nitrogen and oxygen atoms in total. The number of piperidine rings is 1. The molecule has 3 aromatic rings. The van der Waals surface area contributed by atoms with Gasteiger partial charge in [-0.2, -0.15) is 10.1 Å². The summed E-state index contributed by atoms with van der Waals surface area (Å²) in [5.74, 6) is 1.33. The Morgan fingerprint density at radius 3 is 2.53 bits per heavy atom. The average Bonchev–Trinajstić information content (AvgIpc) is 3.23. The Hall–Kier alpha value is -3.36. The molecule has 2 N–H and O–H groups in total. The van der Waals surface area contributed by atoms with E-state index < -0.39 is 0 Å². The van der Waals surface area contributed by atoms with E-state index in [1.54, 1.807) is 18.0 Å². The highest BCUT2D eigenvalue weighted by atomic mass is 16.5. The van der Waals surface area contributed by atoms with Crippen molar-refractivity contribution in [1.29, 1.82) is 0 Å². The Balaban J connectivity index is 1.39. The van der Waals surface area contributed by atoms with Gasteiger partial charge in [0, 0.05) is 25.6 Å². The summed E-state index contributed by atoms with van der Waals surface area (Å²) in [5, 5.41) is 7.87. The standard InChI is InChI=1S/C23H30N6O3/c1-23(2,3)29-19-18(14-25-29)21(31)27-22(26-19)28-11-9-16(10-12-28)20(30)24-13-15-5-7-17(32-4)8-6-15/h5-8,14,16H,9-13H2,1-4H3,(H,24,30)(H,26,27,31). The van der Waals surface area contributed by atoms with Crippen LogP contribution in [0.4, 0.5) is 5.95 Å². The third kappa shape index (κ3) is 4.46. The molecule has 1 amide bonds. The quantitative estimate of drug-likeness (QED) is 0.634. The molecule has 0 spiro atoms. The normalized spacial score (nSPS) is 15.2. The molecule has 3 heterocycles. The fraction of sp³-hybridized carbons (Fsp3) is 0.478. The Labute approximate surface area is 186 Å². The Kier molecular flexibility index (Phi) is 5.90. The van der Waals surface area contributed by atoms with E-state index in [1.807, 2.05) is 49.9 Å². The van der Waals surface area contributed by atoms with E-state index >= 15 is 0 Å². The van der Waals surface area contributed by atoms with Gasteiger partial charge < -0.3 is 15.0 Å². The number of hydrogen-bond acceptors (Lipinski definition) is 6. The zero-order valence-corrected chi connectivity index (χ0v) is 19.0. The van der Waals surface area contributed by atoms with E-state index in [4.69, 9.17) is 9.72 Å². The first-order valence-electron chi connectivity index (χ1n) is 10.9. The molecule has 1 aromatic carbocycles. The minimum Gasteiger partial charge on any atom is -0.497 e. The molecule has 0 aliphatic carbocycles. The van der Waals surface area contributed by atoms with Crippen LogP contribution in [0.3, 0.4) is 0 Å². The summed E-state index contributed by atoms with van der Waals surface area (Å²) in [6.45, 7) is 7.87. The van der Waals surface area contributed by atoms with Crippen LogP contribution < -0.4 is 20.5 Å². The molecule has 1 aliphatic rings. The lowest BCUT2D eigenvalue weighted by Gasteiger charge is -2.31. The number of fused-ring (bicyclic) bond motifs is 1. The number of nitrogens with zero attached hydrogens (tertiary/aromatic N) is 4. The summed E-state index contributed by atoms with van der Waals surface area (Å²) in [7, 11) is 1.63. The largest absolute Gasteiger partial charge is 0.497 e. The van der Waals surface area contributed by atoms with Crippen LogP contribution in [-0.2, 0) is 16.9 Å². The molecule has 0 unspecified atom stereocenters. The summed E-state index contributed by atoms with van der Waals surface area (Å²) >= 11 is 0. The molecule has 2 aromatic heterocycles. The van der Waals surface area contributed by atoms with Crippen LogP contribution >= 0.6 is 0 Å². The molecule has 0 saturated carbocycles. The van der Waals surface area contributed by atoms with Crippen LogP contribution in [-0.4, -0.2) is 45.9 Å². The van der Waals surface area contributed by atoms with Crippen LogP contribution in [0.15, 0.2) is 35.3 Å². The predicted molar refractivity (Wildman–Crippen MR) is 123 cm³/mol. The van der Waals surface area contributed by atoms with E-state index in [9.17, 15) is 9.59 Å². The molecule has 4 rings (SSSR count). The number of aromatic amines is 1. The number of benzene rings is 1. The van der Waals surface area contributed by atoms with Crippen molar-refractivity contribution >= 4 is 22.9 Å². The first-order chi connectivity index (χ1) is 15.3. The van der Waals surface area contributed by atoms with E-state index in [2.05, 4.69) is 15.4 Å². The molecule has 1 saturated heterocycles. The smallest absolute Gasteiger partial charge is 0.263 e. The zero-order valence-electron chi connectivity index (χ0n) is 19.0. The van der Waals surface area contributed by atoms with Gasteiger partial charge in [0.05, 0.1) is 18.8 Å². The number of H-pyrrole nitrogens is 1. The molecule has 0 atom stereocenters. The number of ether oxygens (including phenoxy) is 1. The zero-order chi connectivity index (χ0) is 22.9. The monoisotopic (exact) mass is 438 g/mol. The topological polar surface area (TPSA) is 105 Å². The number of aromatic nitrogens is 4. The van der Waals surface area contributed by atoms with Gasteiger partial charge in [0.2, 0.25) is 11.9 Å². The number of rotatable bonds is 5. The highest BCUT2D eigenvalue weighted by Crippen LogP contribution is 2.23. The Bertz CT molecular complexity index is 1150. The molecular weight excluding hydrogens is 408 g/mol. The summed E-state index contributed by atoms with van der Waals surface area (Å²) < 4.78 is 6.94. The fourth-order valence-corrected chi connectivity index (χ4v) is 3.98. The van der Waals surface area contributed by atoms with E-state index in [-0.39, 0.29) is 22.9 Å². The molecule has 1 fully saturated rings. The molecule has 0 radical (unpaired) electrons. The number of nitrogens with one attached hydrogen (secondary N) is 2. The van der Waals surface area contributed by atoms with Crippen molar-refractivity contribution in [2.24, 2.45) is 5.92 Å². The first-order valence-corrected chi connectivity index (χ1v) is 10.9. The molecule has 1 aliphatic heterocycles. The molecule has 9 heteroatoms. The maximum atomic E-state index is 12.6. The second-order valence-corrected chi connectivity index (χ2v) is 9.18. The Morgan fingerprint density at radius 2 is 1.91 bits per heavy atom. The number of methoxy groups -OCH3 is 1. The summed E-state index contributed by atoms with van der Waals surface area (Å²) in [4.78, 5) is 34.8. The van der Waals surface area contributed by atoms with Crippen molar-refractivity contribution in [3.05, 3.63) is 46.4 Å². The fourth-order valence-electron chi connectivity index (χ4n) is 3.98. The van der Waals surface area contributed by atoms with Gasteiger partial charge in [-0.15, -0.1) is 0 Å². The van der Waals surface area contributed by atoms with Crippen molar-refractivity contribution in [3.8, 4) is 5.75 Å². The van der Waals surface area contributed by atoms with Gasteiger partial charge in [-0.25, -0.2) is 4.68 Å². The van der Waals surface area contributed by atoms with Crippen LogP contribution in [0, 0.1) is 5.92 Å². The van der Waals surface area contributed by atoms with Gasteiger partial charge in [-0.3, -0.25) is 14.6 Å². The molecular formula is C23H30N6O3. The lowest BCUT2D eigenvalue weighted by molar-refractivity contribution is -0.125. The first kappa shape index (κ1) is 21.9. The van der Waals surface area contributed by atoms with Crippen molar-refractivity contribution in [2.75, 3.05) is 25.1 Å². The second-order valence-electron chi connectivity index (χ2n) is 9.18. The third-order valence-corrected chi connectivity index (χ3v) is 5.85. The van der Waals surface area contributed by atoms with Crippen LogP contribution in [0.1, 0.15) is 39.2 Å². The second kappa shape index (κ2) is 8.64. The molecule has 0 bridgehead atoms. The highest BCUT2D eigenvalue weighted by molar-refractivity contribution is 5.79. The number of carbonyl (C=O) groups is 1. The lowest BCUT2D eigenvalue weighted by atomic mass is 9.96. The van der Waals surface area contributed by atoms with Crippen LogP contribution in [0.5, 0.6) is 5.75 Å². The highest BCUT2D eigenvalue weighted by Gasteiger charge is 2.27. The lowest BCUT2D eigenvalue weighted by Crippen LogP contribution is -2.41. The van der Waals surface area contributed by atoms with Crippen molar-refractivity contribution in [3.63, 3.8) is 0 Å². The molecule has 32 heavy (non-hydrogen) atoms. The van der Waals surface area contributed by atoms with Crippen molar-refractivity contribution < 1.29 is 9.53 Å². The van der Waals surface area contributed by atoms with Gasteiger partial charge in [0.1, 0.15) is 11.1 Å². The maximum absolute atomic E-state index is 12.6. The van der Waals surface area contributed by atoms with Gasteiger partial charge >= 0.3 is 0 Å². The average molecular weight is 439 g/mol. The SMILES string of the molecule is COc1ccc(CNC(=O)C2CCN(c3nc4c(cnn4C(C)(C)C)c(=O)[nH]3)CC2)cc1. The summed E-state index contributed by atoms with van der Waals surface area (Å²) in [5.41, 5.74) is 1.13. The minimum atomic E-state index is -0.283. The van der Waals surface area contributed by atoms with E-state index in [1.165, 1.54) is 0 Å². The van der Waals surface area contributed by atoms with Crippen molar-refractivity contribution in [1.82, 2.24) is 25.1 Å². The van der Waals surface area contributed by atoms with E-state index in [0.717, 1.165) is 11.3 Å². The summed E-state index contributed by atoms with van der Waals surface area (Å²) in [6.07, 6.45) is 2.97. The van der Waals surface area contributed by atoms with Gasteiger partial charge in [0.15, 0.2) is 5.65 Å². The number of hydrogen-bond donors (Lipinski definition) is 2. The van der Waals surface area contributed by atoms with Crippen molar-refractivity contribution in [2.45, 2.75) is 45.7 Å². The molecule has 170 valence electrons. The number of carbonyl (C=O) groups excluding carboxylic acids is 1. The van der Waals surface area contributed by atoms with Crippen LogP contribution in [0.2, 0.25) is 0 Å². The Morgan fingerprint density at radius 1 is 1.22 bits per heavy atom. The van der Waals surface area contributed by atoms with Crippen LogP contribution in [0.25, 0.3) is 11.0 Å². The van der Waals surface area contributed by atoms with E-state index in [0.29, 0.717) is 49.5 Å². The number of anilines is 1. The van der Waals surface area contributed by atoms with Gasteiger partial charge in [-0.05, 0) is 51.3 Å². The van der Waals surface area contributed by atoms with Gasteiger partial charge in [-0.1, -0.05) is 12.1 Å². The summed E-state index contributed by atoms with van der Waals surface area (Å²) in [6, 6.07) is 7.66. The maximum Gasteiger partial charge on any atom is 0.263 e. The van der Waals surface area contributed by atoms with Gasteiger partial charge in [0.25, 0.3) is 5.56 Å².